The predicted molar refractivity (Wildman–Crippen MR) is 79.9 cm³/mol. The Labute approximate surface area is 123 Å². The average Bonchev–Trinajstić information content (AvgIpc) is 2.85. The number of nitrogens with zero attached hydrogens (tertiary/aromatic N) is 1. The lowest BCUT2D eigenvalue weighted by atomic mass is 9.79. The van der Waals surface area contributed by atoms with Gasteiger partial charge in [0.2, 0.25) is 0 Å². The molecule has 4 atom stereocenters. The molecule has 114 valence electrons. The molecule has 1 fully saturated rings. The Kier molecular flexibility index (Phi) is 3.62. The van der Waals surface area contributed by atoms with Crippen molar-refractivity contribution in [2.75, 3.05) is 20.8 Å². The van der Waals surface area contributed by atoms with E-state index in [0.717, 1.165) is 30.8 Å². The summed E-state index contributed by atoms with van der Waals surface area (Å²) in [6.45, 7) is 7.91. The molecule has 0 spiro atoms. The maximum atomic E-state index is 6.08. The molecule has 4 unspecified atom stereocenters. The van der Waals surface area contributed by atoms with Gasteiger partial charge in [0.05, 0.1) is 6.04 Å². The first-order valence-corrected chi connectivity index (χ1v) is 8.05. The van der Waals surface area contributed by atoms with E-state index in [0.29, 0.717) is 6.04 Å². The van der Waals surface area contributed by atoms with Gasteiger partial charge in [0.1, 0.15) is 5.76 Å². The van der Waals surface area contributed by atoms with Crippen LogP contribution in [0.2, 0.25) is 0 Å². The summed E-state index contributed by atoms with van der Waals surface area (Å²) < 4.78 is 5.37. The van der Waals surface area contributed by atoms with Crippen LogP contribution >= 0.6 is 0 Å². The van der Waals surface area contributed by atoms with Gasteiger partial charge in [-0.3, -0.25) is 0 Å². The minimum Gasteiger partial charge on any atom is -0.410 e. The highest BCUT2D eigenvalue weighted by molar-refractivity contribution is 5.24. The number of rotatable bonds is 2. The van der Waals surface area contributed by atoms with E-state index in [1.54, 1.807) is 5.57 Å². The number of methoxy groups -OCH3 is 1. The standard InChI is InChI=1S/C17H29NO2/c1-17(2,3)16-13-7-6-11-12(14(11)10-19-5)8-9-15(13)20-18(16)4/h11-12,14,16H,6-10H2,1-5H3. The molecule has 0 aromatic heterocycles. The second kappa shape index (κ2) is 5.03. The number of hydrogen-bond acceptors (Lipinski definition) is 3. The zero-order chi connectivity index (χ0) is 14.5. The van der Waals surface area contributed by atoms with Crippen molar-refractivity contribution in [3.8, 4) is 0 Å². The fourth-order valence-corrected chi connectivity index (χ4v) is 4.65. The Morgan fingerprint density at radius 3 is 2.45 bits per heavy atom. The van der Waals surface area contributed by atoms with Crippen molar-refractivity contribution in [3.63, 3.8) is 0 Å². The Balaban J connectivity index is 1.74. The fourth-order valence-electron chi connectivity index (χ4n) is 4.65. The number of hydroxylamine groups is 2. The fraction of sp³-hybridized carbons (Fsp3) is 0.882. The van der Waals surface area contributed by atoms with Crippen molar-refractivity contribution in [1.29, 1.82) is 0 Å². The Hall–Kier alpha value is -0.540. The first-order chi connectivity index (χ1) is 9.43. The first-order valence-electron chi connectivity index (χ1n) is 8.05. The molecule has 20 heavy (non-hydrogen) atoms. The molecule has 3 aliphatic rings. The van der Waals surface area contributed by atoms with Crippen molar-refractivity contribution in [2.24, 2.45) is 23.2 Å². The molecule has 0 bridgehead atoms. The lowest BCUT2D eigenvalue weighted by Crippen LogP contribution is -2.38. The summed E-state index contributed by atoms with van der Waals surface area (Å²) in [5.41, 5.74) is 1.81. The number of likely N-dealkylation sites (N-methyl/N-ethyl adjacent to an activating group) is 1. The van der Waals surface area contributed by atoms with E-state index >= 15 is 0 Å². The monoisotopic (exact) mass is 279 g/mol. The maximum Gasteiger partial charge on any atom is 0.125 e. The molecule has 3 heteroatoms. The molecule has 0 aromatic rings. The Morgan fingerprint density at radius 1 is 1.20 bits per heavy atom. The van der Waals surface area contributed by atoms with E-state index in [2.05, 4.69) is 32.9 Å². The summed E-state index contributed by atoms with van der Waals surface area (Å²) in [7, 11) is 3.92. The van der Waals surface area contributed by atoms with Gasteiger partial charge < -0.3 is 9.57 Å². The van der Waals surface area contributed by atoms with Crippen LogP contribution in [0.5, 0.6) is 0 Å². The predicted octanol–water partition coefficient (Wildman–Crippen LogP) is 3.61. The summed E-state index contributed by atoms with van der Waals surface area (Å²) >= 11 is 0. The van der Waals surface area contributed by atoms with Crippen LogP contribution in [0.1, 0.15) is 46.5 Å². The van der Waals surface area contributed by atoms with Gasteiger partial charge in [0.25, 0.3) is 0 Å². The lowest BCUT2D eigenvalue weighted by Gasteiger charge is -2.32. The minimum absolute atomic E-state index is 0.236. The van der Waals surface area contributed by atoms with Gasteiger partial charge in [0, 0.05) is 27.2 Å². The number of allylic oxidation sites excluding steroid dienone is 1. The van der Waals surface area contributed by atoms with E-state index < -0.39 is 0 Å². The van der Waals surface area contributed by atoms with Crippen molar-refractivity contribution in [3.05, 3.63) is 11.3 Å². The van der Waals surface area contributed by atoms with Gasteiger partial charge in [-0.1, -0.05) is 20.8 Å². The number of fused-ring (bicyclic) bond motifs is 1. The van der Waals surface area contributed by atoms with Crippen LogP contribution < -0.4 is 0 Å². The molecule has 0 radical (unpaired) electrons. The first kappa shape index (κ1) is 14.4. The molecule has 1 aliphatic heterocycles. The van der Waals surface area contributed by atoms with E-state index in [4.69, 9.17) is 9.57 Å². The molecular formula is C17H29NO2. The van der Waals surface area contributed by atoms with Crippen molar-refractivity contribution in [1.82, 2.24) is 5.06 Å². The van der Waals surface area contributed by atoms with Crippen molar-refractivity contribution < 1.29 is 9.57 Å². The van der Waals surface area contributed by atoms with Crippen LogP contribution in [0, 0.1) is 23.2 Å². The molecule has 3 nitrogen and oxygen atoms in total. The van der Waals surface area contributed by atoms with Gasteiger partial charge >= 0.3 is 0 Å². The molecule has 1 saturated carbocycles. The van der Waals surface area contributed by atoms with Gasteiger partial charge in [-0.05, 0) is 48.0 Å². The van der Waals surface area contributed by atoms with E-state index in [-0.39, 0.29) is 5.41 Å². The molecule has 0 saturated heterocycles. The van der Waals surface area contributed by atoms with Crippen LogP contribution in [0.4, 0.5) is 0 Å². The average molecular weight is 279 g/mol. The summed E-state index contributed by atoms with van der Waals surface area (Å²) in [4.78, 5) is 6.08. The van der Waals surface area contributed by atoms with Crippen LogP contribution in [-0.4, -0.2) is 31.9 Å². The topological polar surface area (TPSA) is 21.7 Å². The molecule has 1 heterocycles. The van der Waals surface area contributed by atoms with Crippen molar-refractivity contribution >= 4 is 0 Å². The highest BCUT2D eigenvalue weighted by Crippen LogP contribution is 2.55. The van der Waals surface area contributed by atoms with E-state index in [1.165, 1.54) is 25.0 Å². The molecule has 0 amide bonds. The smallest absolute Gasteiger partial charge is 0.125 e. The third-order valence-corrected chi connectivity index (χ3v) is 5.45. The van der Waals surface area contributed by atoms with Crippen LogP contribution in [0.25, 0.3) is 0 Å². The third kappa shape index (κ3) is 2.39. The SMILES string of the molecule is COCC1C2CCC3=C(CCC21)C(C(C)(C)C)N(C)O3. The molecule has 0 aromatic carbocycles. The summed E-state index contributed by atoms with van der Waals surface area (Å²) in [6, 6.07) is 0.439. The molecule has 3 rings (SSSR count). The van der Waals surface area contributed by atoms with E-state index in [9.17, 15) is 0 Å². The Bertz CT molecular complexity index is 410. The normalized spacial score (nSPS) is 37.9. The third-order valence-electron chi connectivity index (χ3n) is 5.45. The quantitative estimate of drug-likeness (QED) is 0.770. The highest BCUT2D eigenvalue weighted by Gasteiger charge is 2.51. The molecular weight excluding hydrogens is 250 g/mol. The summed E-state index contributed by atoms with van der Waals surface area (Å²) in [5, 5.41) is 2.09. The van der Waals surface area contributed by atoms with Crippen LogP contribution in [0.3, 0.4) is 0 Å². The minimum atomic E-state index is 0.236. The summed E-state index contributed by atoms with van der Waals surface area (Å²) in [5.74, 6) is 3.86. The Morgan fingerprint density at radius 2 is 1.85 bits per heavy atom. The maximum absolute atomic E-state index is 6.08. The van der Waals surface area contributed by atoms with Gasteiger partial charge in [-0.2, -0.15) is 0 Å². The largest absolute Gasteiger partial charge is 0.410 e. The highest BCUT2D eigenvalue weighted by atomic mass is 16.7. The second-order valence-electron chi connectivity index (χ2n) is 7.88. The molecule has 0 N–H and O–H groups in total. The lowest BCUT2D eigenvalue weighted by molar-refractivity contribution is -0.119. The van der Waals surface area contributed by atoms with Crippen LogP contribution in [-0.2, 0) is 9.57 Å². The zero-order valence-electron chi connectivity index (χ0n) is 13.6. The second-order valence-corrected chi connectivity index (χ2v) is 7.88. The zero-order valence-corrected chi connectivity index (χ0v) is 13.6. The summed E-state index contributed by atoms with van der Waals surface area (Å²) in [6.07, 6.45) is 4.93. The van der Waals surface area contributed by atoms with Gasteiger partial charge in [0.15, 0.2) is 0 Å². The number of ether oxygens (including phenoxy) is 1. The van der Waals surface area contributed by atoms with Gasteiger partial charge in [-0.25, -0.2) is 0 Å². The van der Waals surface area contributed by atoms with Crippen LogP contribution in [0.15, 0.2) is 11.3 Å². The number of hydrogen-bond donors (Lipinski definition) is 0. The van der Waals surface area contributed by atoms with Crippen molar-refractivity contribution in [2.45, 2.75) is 52.5 Å². The van der Waals surface area contributed by atoms with Gasteiger partial charge in [-0.15, -0.1) is 5.06 Å². The molecule has 2 aliphatic carbocycles. The van der Waals surface area contributed by atoms with E-state index in [1.807, 2.05) is 7.11 Å².